The molecule has 2 aromatic carbocycles. The zero-order valence-corrected chi connectivity index (χ0v) is 15.8. The average Bonchev–Trinajstić information content (AvgIpc) is 3.09. The van der Waals surface area contributed by atoms with E-state index in [4.69, 9.17) is 11.6 Å². The molecule has 1 fully saturated rings. The van der Waals surface area contributed by atoms with E-state index in [1.165, 1.54) is 5.56 Å². The van der Waals surface area contributed by atoms with Gasteiger partial charge in [0.1, 0.15) is 0 Å². The van der Waals surface area contributed by atoms with E-state index in [0.29, 0.717) is 10.9 Å². The zero-order chi connectivity index (χ0) is 17.9. The fourth-order valence-corrected chi connectivity index (χ4v) is 3.78. The molecule has 2 nitrogen and oxygen atoms in total. The highest BCUT2D eigenvalue weighted by Crippen LogP contribution is 2.30. The lowest BCUT2D eigenvalue weighted by molar-refractivity contribution is -0.135. The van der Waals surface area contributed by atoms with Crippen LogP contribution in [0.25, 0.3) is 0 Å². The van der Waals surface area contributed by atoms with Crippen LogP contribution in [0, 0.1) is 5.92 Å². The SMILES string of the molecule is CC(C)(C(=O)N1CCC(CCc2ccccc2)C1)c1ccc(Cl)cc1. The van der Waals surface area contributed by atoms with Crippen LogP contribution in [0.1, 0.15) is 37.8 Å². The molecule has 0 N–H and O–H groups in total. The van der Waals surface area contributed by atoms with Gasteiger partial charge in [-0.2, -0.15) is 0 Å². The maximum Gasteiger partial charge on any atom is 0.232 e. The van der Waals surface area contributed by atoms with E-state index in [1.807, 2.05) is 43.0 Å². The lowest BCUT2D eigenvalue weighted by atomic mass is 9.83. The number of hydrogen-bond acceptors (Lipinski definition) is 1. The molecule has 3 heteroatoms. The van der Waals surface area contributed by atoms with Gasteiger partial charge in [-0.15, -0.1) is 0 Å². The predicted molar refractivity (Wildman–Crippen MR) is 104 cm³/mol. The molecule has 0 saturated carbocycles. The lowest BCUT2D eigenvalue weighted by Gasteiger charge is -2.30. The fraction of sp³-hybridized carbons (Fsp3) is 0.409. The normalized spacial score (nSPS) is 17.7. The molecule has 0 aliphatic carbocycles. The average molecular weight is 356 g/mol. The van der Waals surface area contributed by atoms with E-state index in [-0.39, 0.29) is 5.91 Å². The molecular formula is C22H26ClNO. The summed E-state index contributed by atoms with van der Waals surface area (Å²) in [4.78, 5) is 15.1. The monoisotopic (exact) mass is 355 g/mol. The summed E-state index contributed by atoms with van der Waals surface area (Å²) in [6.07, 6.45) is 3.35. The van der Waals surface area contributed by atoms with Gasteiger partial charge in [0, 0.05) is 18.1 Å². The van der Waals surface area contributed by atoms with E-state index in [2.05, 4.69) is 30.3 Å². The van der Waals surface area contributed by atoms with Gasteiger partial charge in [-0.25, -0.2) is 0 Å². The first kappa shape index (κ1) is 18.0. The Morgan fingerprint density at radius 3 is 2.48 bits per heavy atom. The first-order valence-corrected chi connectivity index (χ1v) is 9.44. The number of aryl methyl sites for hydroxylation is 1. The molecule has 1 amide bonds. The molecule has 1 aliphatic rings. The third-order valence-electron chi connectivity index (χ3n) is 5.36. The van der Waals surface area contributed by atoms with Crippen LogP contribution in [0.3, 0.4) is 0 Å². The van der Waals surface area contributed by atoms with Crippen molar-refractivity contribution in [2.24, 2.45) is 5.92 Å². The van der Waals surface area contributed by atoms with Crippen molar-refractivity contribution in [2.75, 3.05) is 13.1 Å². The summed E-state index contributed by atoms with van der Waals surface area (Å²) in [6.45, 7) is 5.77. The van der Waals surface area contributed by atoms with Crippen molar-refractivity contribution in [3.63, 3.8) is 0 Å². The molecule has 1 unspecified atom stereocenters. The Morgan fingerprint density at radius 2 is 1.80 bits per heavy atom. The van der Waals surface area contributed by atoms with Gasteiger partial charge in [0.05, 0.1) is 5.41 Å². The smallest absolute Gasteiger partial charge is 0.232 e. The minimum absolute atomic E-state index is 0.219. The Bertz CT molecular complexity index is 709. The summed E-state index contributed by atoms with van der Waals surface area (Å²) in [5.74, 6) is 0.821. The fourth-order valence-electron chi connectivity index (χ4n) is 3.65. The summed E-state index contributed by atoms with van der Waals surface area (Å²) in [5.41, 5.74) is 1.89. The highest BCUT2D eigenvalue weighted by atomic mass is 35.5. The molecule has 0 spiro atoms. The third kappa shape index (κ3) is 4.24. The van der Waals surface area contributed by atoms with Crippen LogP contribution in [0.4, 0.5) is 0 Å². The summed E-state index contributed by atoms with van der Waals surface area (Å²) >= 11 is 5.98. The molecule has 2 aromatic rings. The van der Waals surface area contributed by atoms with Crippen molar-refractivity contribution in [1.82, 2.24) is 4.90 Å². The molecule has 25 heavy (non-hydrogen) atoms. The summed E-state index contributed by atoms with van der Waals surface area (Å²) < 4.78 is 0. The van der Waals surface area contributed by atoms with Crippen molar-refractivity contribution in [3.05, 3.63) is 70.7 Å². The molecule has 1 heterocycles. The Morgan fingerprint density at radius 1 is 1.12 bits per heavy atom. The minimum Gasteiger partial charge on any atom is -0.342 e. The van der Waals surface area contributed by atoms with Gasteiger partial charge in [0.25, 0.3) is 0 Å². The number of carbonyl (C=O) groups is 1. The van der Waals surface area contributed by atoms with Crippen LogP contribution < -0.4 is 0 Å². The Balaban J connectivity index is 1.59. The van der Waals surface area contributed by atoms with E-state index in [9.17, 15) is 4.79 Å². The number of likely N-dealkylation sites (tertiary alicyclic amines) is 1. The standard InChI is InChI=1S/C22H26ClNO/c1-22(2,19-10-12-20(23)13-11-19)21(25)24-15-14-18(16-24)9-8-17-6-4-3-5-7-17/h3-7,10-13,18H,8-9,14-16H2,1-2H3. The number of carbonyl (C=O) groups excluding carboxylic acids is 1. The number of halogens is 1. The van der Waals surface area contributed by atoms with Gasteiger partial charge >= 0.3 is 0 Å². The van der Waals surface area contributed by atoms with Gasteiger partial charge in [-0.3, -0.25) is 4.79 Å². The second-order valence-corrected chi connectivity index (χ2v) is 8.00. The van der Waals surface area contributed by atoms with E-state index in [0.717, 1.165) is 37.9 Å². The van der Waals surface area contributed by atoms with Crippen molar-refractivity contribution < 1.29 is 4.79 Å². The molecule has 0 radical (unpaired) electrons. The lowest BCUT2D eigenvalue weighted by Crippen LogP contribution is -2.42. The molecule has 3 rings (SSSR count). The van der Waals surface area contributed by atoms with Crippen LogP contribution in [0.5, 0.6) is 0 Å². The highest BCUT2D eigenvalue weighted by Gasteiger charge is 2.36. The second-order valence-electron chi connectivity index (χ2n) is 7.56. The van der Waals surface area contributed by atoms with Crippen LogP contribution >= 0.6 is 11.6 Å². The van der Waals surface area contributed by atoms with Gasteiger partial charge in [-0.05, 0) is 62.3 Å². The van der Waals surface area contributed by atoms with Crippen molar-refractivity contribution >= 4 is 17.5 Å². The molecule has 132 valence electrons. The first-order chi connectivity index (χ1) is 12.0. The van der Waals surface area contributed by atoms with Crippen LogP contribution in [-0.2, 0) is 16.6 Å². The van der Waals surface area contributed by atoms with Gasteiger partial charge in [0.15, 0.2) is 0 Å². The summed E-state index contributed by atoms with van der Waals surface area (Å²) in [7, 11) is 0. The van der Waals surface area contributed by atoms with Crippen LogP contribution in [0.15, 0.2) is 54.6 Å². The van der Waals surface area contributed by atoms with Crippen molar-refractivity contribution in [2.45, 2.75) is 38.5 Å². The number of rotatable bonds is 5. The van der Waals surface area contributed by atoms with Gasteiger partial charge in [-0.1, -0.05) is 54.1 Å². The second kappa shape index (κ2) is 7.61. The van der Waals surface area contributed by atoms with E-state index in [1.54, 1.807) is 0 Å². The van der Waals surface area contributed by atoms with Crippen molar-refractivity contribution in [1.29, 1.82) is 0 Å². The number of nitrogens with zero attached hydrogens (tertiary/aromatic N) is 1. The summed E-state index contributed by atoms with van der Waals surface area (Å²) in [6, 6.07) is 18.2. The maximum atomic E-state index is 13.1. The van der Waals surface area contributed by atoms with Gasteiger partial charge in [0.2, 0.25) is 5.91 Å². The summed E-state index contributed by atoms with van der Waals surface area (Å²) in [5, 5.41) is 0.703. The molecule has 1 saturated heterocycles. The molecule has 0 bridgehead atoms. The largest absolute Gasteiger partial charge is 0.342 e. The minimum atomic E-state index is -0.515. The topological polar surface area (TPSA) is 20.3 Å². The Kier molecular flexibility index (Phi) is 5.48. The van der Waals surface area contributed by atoms with Crippen molar-refractivity contribution in [3.8, 4) is 0 Å². The molecular weight excluding hydrogens is 330 g/mol. The highest BCUT2D eigenvalue weighted by molar-refractivity contribution is 6.30. The van der Waals surface area contributed by atoms with Gasteiger partial charge < -0.3 is 4.90 Å². The molecule has 0 aromatic heterocycles. The maximum absolute atomic E-state index is 13.1. The van der Waals surface area contributed by atoms with Crippen LogP contribution in [0.2, 0.25) is 5.02 Å². The first-order valence-electron chi connectivity index (χ1n) is 9.06. The van der Waals surface area contributed by atoms with Crippen LogP contribution in [-0.4, -0.2) is 23.9 Å². The number of benzene rings is 2. The number of hydrogen-bond donors (Lipinski definition) is 0. The van der Waals surface area contributed by atoms with E-state index >= 15 is 0 Å². The Labute approximate surface area is 155 Å². The van der Waals surface area contributed by atoms with E-state index < -0.39 is 5.41 Å². The Hall–Kier alpha value is -1.80. The predicted octanol–water partition coefficient (Wildman–Crippen LogP) is 5.10. The molecule has 1 aliphatic heterocycles. The molecule has 1 atom stereocenters. The zero-order valence-electron chi connectivity index (χ0n) is 15.0. The third-order valence-corrected chi connectivity index (χ3v) is 5.61. The quantitative estimate of drug-likeness (QED) is 0.730. The number of amides is 1.